The van der Waals surface area contributed by atoms with E-state index in [0.29, 0.717) is 11.3 Å². The number of aryl methyl sites for hydroxylation is 1. The second-order valence-corrected chi connectivity index (χ2v) is 7.49. The smallest absolute Gasteiger partial charge is 0.122 e. The average molecular weight is 289 g/mol. The monoisotopic (exact) mass is 289 g/mol. The molecular weight excluding hydrogens is 258 g/mol. The number of ether oxygens (including phenoxy) is 1. The molecule has 2 N–H and O–H groups in total. The topological polar surface area (TPSA) is 35.2 Å². The van der Waals surface area contributed by atoms with E-state index in [1.807, 2.05) is 0 Å². The molecule has 21 heavy (non-hydrogen) atoms. The van der Waals surface area contributed by atoms with E-state index in [2.05, 4.69) is 52.0 Å². The first-order valence-corrected chi connectivity index (χ1v) is 8.40. The van der Waals surface area contributed by atoms with Crippen molar-refractivity contribution in [2.45, 2.75) is 59.5 Å². The summed E-state index contributed by atoms with van der Waals surface area (Å²) in [6.07, 6.45) is 4.88. The van der Waals surface area contributed by atoms with Crippen LogP contribution in [0.5, 0.6) is 5.75 Å². The summed E-state index contributed by atoms with van der Waals surface area (Å²) in [5.41, 5.74) is 7.64. The molecule has 0 bridgehead atoms. The van der Waals surface area contributed by atoms with Crippen LogP contribution in [0.1, 0.15) is 52.5 Å². The molecule has 0 amide bonds. The van der Waals surface area contributed by atoms with Crippen LogP contribution in [0.2, 0.25) is 0 Å². The van der Waals surface area contributed by atoms with E-state index in [-0.39, 0.29) is 6.10 Å². The van der Waals surface area contributed by atoms with Crippen molar-refractivity contribution < 1.29 is 4.74 Å². The van der Waals surface area contributed by atoms with Crippen molar-refractivity contribution >= 4 is 0 Å². The second kappa shape index (κ2) is 6.83. The lowest BCUT2D eigenvalue weighted by Gasteiger charge is -2.41. The van der Waals surface area contributed by atoms with Gasteiger partial charge in [0, 0.05) is 5.92 Å². The average Bonchev–Trinajstić information content (AvgIpc) is 2.47. The molecule has 118 valence electrons. The first-order chi connectivity index (χ1) is 9.95. The summed E-state index contributed by atoms with van der Waals surface area (Å²) >= 11 is 0. The van der Waals surface area contributed by atoms with Crippen LogP contribution in [0.25, 0.3) is 0 Å². The number of hydrogen-bond acceptors (Lipinski definition) is 2. The minimum Gasteiger partial charge on any atom is -0.490 e. The SMILES string of the molecule is CCc1ccccc1OC1CC(C(C)(C)C)CCC1CN. The van der Waals surface area contributed by atoms with Crippen LogP contribution in [0.3, 0.4) is 0 Å². The maximum Gasteiger partial charge on any atom is 0.122 e. The van der Waals surface area contributed by atoms with Crippen molar-refractivity contribution in [2.24, 2.45) is 23.0 Å². The number of nitrogens with two attached hydrogens (primary N) is 1. The normalized spacial score (nSPS) is 26.6. The number of rotatable bonds is 4. The van der Waals surface area contributed by atoms with Gasteiger partial charge in [0.15, 0.2) is 0 Å². The molecule has 0 heterocycles. The summed E-state index contributed by atoms with van der Waals surface area (Å²) in [4.78, 5) is 0. The van der Waals surface area contributed by atoms with E-state index in [4.69, 9.17) is 10.5 Å². The quantitative estimate of drug-likeness (QED) is 0.890. The molecule has 2 nitrogen and oxygen atoms in total. The van der Waals surface area contributed by atoms with Gasteiger partial charge in [-0.15, -0.1) is 0 Å². The molecule has 1 aromatic carbocycles. The van der Waals surface area contributed by atoms with Gasteiger partial charge < -0.3 is 10.5 Å². The molecule has 2 heteroatoms. The maximum absolute atomic E-state index is 6.43. The van der Waals surface area contributed by atoms with Crippen molar-refractivity contribution in [2.75, 3.05) is 6.54 Å². The van der Waals surface area contributed by atoms with Crippen LogP contribution in [-0.4, -0.2) is 12.6 Å². The van der Waals surface area contributed by atoms with E-state index in [9.17, 15) is 0 Å². The van der Waals surface area contributed by atoms with Gasteiger partial charge in [-0.05, 0) is 55.2 Å². The molecule has 0 spiro atoms. The summed E-state index contributed by atoms with van der Waals surface area (Å²) in [5, 5.41) is 0. The summed E-state index contributed by atoms with van der Waals surface area (Å²) in [7, 11) is 0. The van der Waals surface area contributed by atoms with Crippen molar-refractivity contribution in [1.82, 2.24) is 0 Å². The molecule has 0 aromatic heterocycles. The molecule has 1 aliphatic rings. The van der Waals surface area contributed by atoms with E-state index in [1.54, 1.807) is 0 Å². The highest BCUT2D eigenvalue weighted by atomic mass is 16.5. The summed E-state index contributed by atoms with van der Waals surface area (Å²) in [5.74, 6) is 2.27. The van der Waals surface area contributed by atoms with Crippen LogP contribution in [-0.2, 0) is 6.42 Å². The molecule has 0 radical (unpaired) electrons. The highest BCUT2D eigenvalue weighted by molar-refractivity contribution is 5.33. The van der Waals surface area contributed by atoms with Crippen LogP contribution in [0, 0.1) is 17.3 Å². The van der Waals surface area contributed by atoms with E-state index >= 15 is 0 Å². The molecule has 1 aliphatic carbocycles. The van der Waals surface area contributed by atoms with Gasteiger partial charge in [0.25, 0.3) is 0 Å². The Morgan fingerprint density at radius 3 is 2.52 bits per heavy atom. The van der Waals surface area contributed by atoms with Gasteiger partial charge in [0.05, 0.1) is 0 Å². The van der Waals surface area contributed by atoms with Gasteiger partial charge in [-0.3, -0.25) is 0 Å². The minimum absolute atomic E-state index is 0.265. The molecule has 2 rings (SSSR count). The standard InChI is InChI=1S/C19H31NO/c1-5-14-8-6-7-9-17(14)21-18-12-16(19(2,3)4)11-10-15(18)13-20/h6-9,15-16,18H,5,10-13,20H2,1-4H3. The van der Waals surface area contributed by atoms with Crippen molar-refractivity contribution in [1.29, 1.82) is 0 Å². The zero-order chi connectivity index (χ0) is 15.5. The molecule has 3 unspecified atom stereocenters. The van der Waals surface area contributed by atoms with E-state index in [1.165, 1.54) is 18.4 Å². The van der Waals surface area contributed by atoms with Gasteiger partial charge in [-0.25, -0.2) is 0 Å². The highest BCUT2D eigenvalue weighted by Crippen LogP contribution is 2.41. The van der Waals surface area contributed by atoms with Crippen molar-refractivity contribution in [3.8, 4) is 5.75 Å². The third-order valence-electron chi connectivity index (χ3n) is 5.09. The maximum atomic E-state index is 6.43. The molecule has 1 saturated carbocycles. The van der Waals surface area contributed by atoms with Crippen molar-refractivity contribution in [3.63, 3.8) is 0 Å². The third kappa shape index (κ3) is 4.00. The highest BCUT2D eigenvalue weighted by Gasteiger charge is 2.36. The molecule has 0 saturated heterocycles. The first kappa shape index (κ1) is 16.4. The zero-order valence-electron chi connectivity index (χ0n) is 14.1. The zero-order valence-corrected chi connectivity index (χ0v) is 14.1. The summed E-state index contributed by atoms with van der Waals surface area (Å²) < 4.78 is 6.43. The Labute approximate surface area is 130 Å². The number of hydrogen-bond donors (Lipinski definition) is 1. The molecule has 0 aliphatic heterocycles. The molecule has 1 aromatic rings. The molecule has 1 fully saturated rings. The fourth-order valence-electron chi connectivity index (χ4n) is 3.47. The van der Waals surface area contributed by atoms with Gasteiger partial charge in [0.2, 0.25) is 0 Å². The fourth-order valence-corrected chi connectivity index (χ4v) is 3.47. The molecular formula is C19H31NO. The Kier molecular flexibility index (Phi) is 5.32. The van der Waals surface area contributed by atoms with Crippen LogP contribution < -0.4 is 10.5 Å². The minimum atomic E-state index is 0.265. The summed E-state index contributed by atoms with van der Waals surface area (Å²) in [6, 6.07) is 8.42. The van der Waals surface area contributed by atoms with Crippen LogP contribution >= 0.6 is 0 Å². The predicted molar refractivity (Wildman–Crippen MR) is 89.6 cm³/mol. The van der Waals surface area contributed by atoms with E-state index < -0.39 is 0 Å². The fraction of sp³-hybridized carbons (Fsp3) is 0.684. The Bertz CT molecular complexity index is 449. The lowest BCUT2D eigenvalue weighted by molar-refractivity contribution is 0.0326. The number of para-hydroxylation sites is 1. The van der Waals surface area contributed by atoms with Crippen molar-refractivity contribution in [3.05, 3.63) is 29.8 Å². The predicted octanol–water partition coefficient (Wildman–Crippen LogP) is 4.42. The Morgan fingerprint density at radius 1 is 1.19 bits per heavy atom. The Morgan fingerprint density at radius 2 is 1.90 bits per heavy atom. The lowest BCUT2D eigenvalue weighted by atomic mass is 9.68. The largest absolute Gasteiger partial charge is 0.490 e. The first-order valence-electron chi connectivity index (χ1n) is 8.40. The van der Waals surface area contributed by atoms with Gasteiger partial charge in [-0.2, -0.15) is 0 Å². The van der Waals surface area contributed by atoms with Crippen LogP contribution in [0.15, 0.2) is 24.3 Å². The Hall–Kier alpha value is -1.02. The second-order valence-electron chi connectivity index (χ2n) is 7.49. The molecule has 3 atom stereocenters. The number of benzene rings is 1. The lowest BCUT2D eigenvalue weighted by Crippen LogP contribution is -2.41. The Balaban J connectivity index is 2.14. The van der Waals surface area contributed by atoms with E-state index in [0.717, 1.165) is 31.1 Å². The van der Waals surface area contributed by atoms with Gasteiger partial charge in [0.1, 0.15) is 11.9 Å². The third-order valence-corrected chi connectivity index (χ3v) is 5.09. The summed E-state index contributed by atoms with van der Waals surface area (Å²) in [6.45, 7) is 9.95. The van der Waals surface area contributed by atoms with Gasteiger partial charge in [-0.1, -0.05) is 45.9 Å². The van der Waals surface area contributed by atoms with Crippen LogP contribution in [0.4, 0.5) is 0 Å². The van der Waals surface area contributed by atoms with Gasteiger partial charge >= 0.3 is 0 Å².